The fraction of sp³-hybridized carbons (Fsp3) is 0.205. The second kappa shape index (κ2) is 14.0. The molecule has 4 aliphatic rings. The third-order valence-corrected chi connectivity index (χ3v) is 10.1. The van der Waals surface area contributed by atoms with Gasteiger partial charge in [0.25, 0.3) is 0 Å². The summed E-state index contributed by atoms with van der Waals surface area (Å²) in [6.07, 6.45) is 20.7. The van der Waals surface area contributed by atoms with E-state index in [-0.39, 0.29) is 0 Å². The van der Waals surface area contributed by atoms with Crippen LogP contribution in [0.25, 0.3) is 0 Å². The monoisotopic (exact) mass is 716 g/mol. The molecule has 248 valence electrons. The first-order valence-electron chi connectivity index (χ1n) is 16.2. The molecular weight excluding hydrogens is 680 g/mol. The molecule has 0 amide bonds. The predicted octanol–water partition coefficient (Wildman–Crippen LogP) is 6.43. The van der Waals surface area contributed by atoms with Crippen LogP contribution in [0.2, 0.25) is 0 Å². The Morgan fingerprint density at radius 1 is 0.551 bits per heavy atom. The van der Waals surface area contributed by atoms with E-state index >= 15 is 0 Å². The van der Waals surface area contributed by atoms with E-state index in [2.05, 4.69) is 94.7 Å². The highest BCUT2D eigenvalue weighted by molar-refractivity contribution is 9.10. The first-order chi connectivity index (χ1) is 23.9. The maximum absolute atomic E-state index is 11.1. The summed E-state index contributed by atoms with van der Waals surface area (Å²) < 4.78 is -0.475. The molecule has 0 radical (unpaired) electrons. The normalized spacial score (nSPS) is 19.9. The number of hydrogen-bond donors (Lipinski definition) is 0. The van der Waals surface area contributed by atoms with Gasteiger partial charge >= 0.3 is 0 Å². The van der Waals surface area contributed by atoms with Gasteiger partial charge in [0.1, 0.15) is 23.3 Å². The van der Waals surface area contributed by atoms with Gasteiger partial charge in [-0.2, -0.15) is 0 Å². The molecule has 3 aromatic rings. The van der Waals surface area contributed by atoms with Crippen LogP contribution >= 0.6 is 15.9 Å². The average molecular weight is 718 g/mol. The van der Waals surface area contributed by atoms with Crippen LogP contribution in [0.3, 0.4) is 0 Å². The largest absolute Gasteiger partial charge is 0.354 e. The van der Waals surface area contributed by atoms with Crippen molar-refractivity contribution in [1.29, 1.82) is 0 Å². The molecule has 3 heterocycles. The van der Waals surface area contributed by atoms with E-state index in [1.54, 1.807) is 0 Å². The lowest BCUT2D eigenvalue weighted by atomic mass is 10.0. The number of aldehydes is 3. The van der Waals surface area contributed by atoms with Crippen molar-refractivity contribution >= 4 is 34.8 Å². The van der Waals surface area contributed by atoms with Gasteiger partial charge in [0.05, 0.1) is 20.0 Å². The fourth-order valence-electron chi connectivity index (χ4n) is 6.44. The number of hydrogen-bond acceptors (Lipinski definition) is 9. The number of carbonyl (C=O) groups excluding carboxylic acids is 3. The number of nitrogens with zero attached hydrogens (tertiary/aromatic N) is 6. The lowest BCUT2D eigenvalue weighted by Crippen LogP contribution is -2.44. The van der Waals surface area contributed by atoms with Crippen LogP contribution in [0, 0.1) is 0 Å². The van der Waals surface area contributed by atoms with E-state index in [0.717, 1.165) is 74.0 Å². The molecule has 0 N–H and O–H groups in total. The third-order valence-electron chi connectivity index (χ3n) is 9.17. The van der Waals surface area contributed by atoms with E-state index in [4.69, 9.17) is 0 Å². The molecule has 1 atom stereocenters. The average Bonchev–Trinajstić information content (AvgIpc) is 3.92. The molecule has 0 bridgehead atoms. The predicted molar refractivity (Wildman–Crippen MR) is 192 cm³/mol. The molecule has 0 saturated heterocycles. The minimum absolute atomic E-state index is 0.475. The van der Waals surface area contributed by atoms with Crippen molar-refractivity contribution in [3.63, 3.8) is 0 Å². The van der Waals surface area contributed by atoms with Gasteiger partial charge in [-0.1, -0.05) is 88.7 Å². The molecule has 3 aliphatic heterocycles. The molecule has 1 unspecified atom stereocenters. The molecule has 10 heteroatoms. The number of allylic oxidation sites excluding steroid dienone is 1. The maximum atomic E-state index is 11.1. The summed E-state index contributed by atoms with van der Waals surface area (Å²) in [4.78, 5) is 47.0. The van der Waals surface area contributed by atoms with Crippen LogP contribution < -0.4 is 0 Å². The fourth-order valence-corrected chi connectivity index (χ4v) is 7.19. The Hall–Kier alpha value is -5.35. The van der Waals surface area contributed by atoms with Crippen LogP contribution in [-0.4, -0.2) is 72.7 Å². The Bertz CT molecular complexity index is 1850. The second-order valence-corrected chi connectivity index (χ2v) is 14.1. The van der Waals surface area contributed by atoms with Crippen molar-refractivity contribution in [3.05, 3.63) is 167 Å². The molecule has 1 aliphatic carbocycles. The molecule has 3 aromatic carbocycles. The van der Waals surface area contributed by atoms with Gasteiger partial charge in [0, 0.05) is 91.3 Å². The summed E-state index contributed by atoms with van der Waals surface area (Å²) >= 11 is 4.20. The van der Waals surface area contributed by atoms with Gasteiger partial charge < -0.3 is 29.4 Å². The lowest BCUT2D eigenvalue weighted by molar-refractivity contribution is 0.111. The SMILES string of the molecule is O=Cc1ccc(CN2C=CN(C3=CC(Br)(N4C=CN(Cc5ccc(C=O)cc5)C4)CC(N4C=CN(Cc5ccc(C=O)cc5)C4)=C3)C2)cc1. The summed E-state index contributed by atoms with van der Waals surface area (Å²) in [7, 11) is 0. The zero-order chi connectivity index (χ0) is 33.8. The van der Waals surface area contributed by atoms with Crippen LogP contribution in [-0.2, 0) is 19.6 Å². The minimum atomic E-state index is -0.475. The molecular formula is C39H37BrN6O3. The van der Waals surface area contributed by atoms with Gasteiger partial charge in [-0.3, -0.25) is 14.4 Å². The third kappa shape index (κ3) is 7.39. The van der Waals surface area contributed by atoms with E-state index in [0.29, 0.717) is 30.0 Å². The number of rotatable bonds is 12. The molecule has 9 nitrogen and oxygen atoms in total. The van der Waals surface area contributed by atoms with Crippen molar-refractivity contribution in [3.8, 4) is 0 Å². The number of carbonyl (C=O) groups is 3. The molecule has 0 saturated carbocycles. The quantitative estimate of drug-likeness (QED) is 0.120. The van der Waals surface area contributed by atoms with Gasteiger partial charge in [0.2, 0.25) is 0 Å². The Morgan fingerprint density at radius 3 is 1.47 bits per heavy atom. The first kappa shape index (κ1) is 32.2. The highest BCUT2D eigenvalue weighted by atomic mass is 79.9. The van der Waals surface area contributed by atoms with Crippen molar-refractivity contribution < 1.29 is 14.4 Å². The van der Waals surface area contributed by atoms with Gasteiger partial charge in [-0.25, -0.2) is 0 Å². The second-order valence-electron chi connectivity index (χ2n) is 12.7. The Balaban J connectivity index is 1.08. The maximum Gasteiger partial charge on any atom is 0.150 e. The minimum Gasteiger partial charge on any atom is -0.354 e. The highest BCUT2D eigenvalue weighted by Crippen LogP contribution is 2.42. The van der Waals surface area contributed by atoms with E-state index < -0.39 is 4.45 Å². The van der Waals surface area contributed by atoms with Gasteiger partial charge in [-0.05, 0) is 28.8 Å². The molecule has 0 aromatic heterocycles. The zero-order valence-corrected chi connectivity index (χ0v) is 28.6. The summed E-state index contributed by atoms with van der Waals surface area (Å²) in [6, 6.07) is 23.2. The van der Waals surface area contributed by atoms with E-state index in [1.807, 2.05) is 72.8 Å². The number of benzene rings is 3. The lowest BCUT2D eigenvalue weighted by Gasteiger charge is -2.41. The molecule has 0 spiro atoms. The Labute approximate surface area is 295 Å². The topological polar surface area (TPSA) is 70.7 Å². The Morgan fingerprint density at radius 2 is 0.980 bits per heavy atom. The standard InChI is InChI=1S/C39H37BrN6O3/c40-39(46-18-15-43(30-46)24-33-5-11-36(27-49)12-6-33)20-37(44-16-13-41(28-44)22-31-1-7-34(25-47)8-2-31)19-38(21-39)45-17-14-42(29-45)23-32-3-9-35(26-48)10-4-32/h1-20,25-27H,21-24,28-30H2. The summed E-state index contributed by atoms with van der Waals surface area (Å²) in [5, 5.41) is 0. The number of halogens is 1. The van der Waals surface area contributed by atoms with Crippen molar-refractivity contribution in [2.75, 3.05) is 20.0 Å². The molecule has 0 fully saturated rings. The van der Waals surface area contributed by atoms with E-state index in [9.17, 15) is 14.4 Å². The zero-order valence-electron chi connectivity index (χ0n) is 27.0. The van der Waals surface area contributed by atoms with Crippen molar-refractivity contribution in [2.45, 2.75) is 30.5 Å². The van der Waals surface area contributed by atoms with E-state index in [1.165, 1.54) is 5.70 Å². The summed E-state index contributed by atoms with van der Waals surface area (Å²) in [5.74, 6) is 0. The summed E-state index contributed by atoms with van der Waals surface area (Å²) in [5.41, 5.74) is 7.76. The highest BCUT2D eigenvalue weighted by Gasteiger charge is 2.39. The van der Waals surface area contributed by atoms with Crippen LogP contribution in [0.1, 0.15) is 54.2 Å². The summed E-state index contributed by atoms with van der Waals surface area (Å²) in [6.45, 7) is 4.35. The van der Waals surface area contributed by atoms with Crippen molar-refractivity contribution in [2.24, 2.45) is 0 Å². The first-order valence-corrected chi connectivity index (χ1v) is 17.0. The van der Waals surface area contributed by atoms with Crippen LogP contribution in [0.15, 0.2) is 134 Å². The van der Waals surface area contributed by atoms with Crippen LogP contribution in [0.5, 0.6) is 0 Å². The Kier molecular flexibility index (Phi) is 9.21. The molecule has 7 rings (SSSR count). The van der Waals surface area contributed by atoms with Crippen LogP contribution in [0.4, 0.5) is 0 Å². The number of alkyl halides is 1. The van der Waals surface area contributed by atoms with Gasteiger partial charge in [-0.15, -0.1) is 0 Å². The van der Waals surface area contributed by atoms with Gasteiger partial charge in [0.15, 0.2) is 0 Å². The molecule has 49 heavy (non-hydrogen) atoms. The van der Waals surface area contributed by atoms with Crippen molar-refractivity contribution in [1.82, 2.24) is 29.4 Å². The smallest absolute Gasteiger partial charge is 0.150 e.